The van der Waals surface area contributed by atoms with E-state index >= 15 is 0 Å². The summed E-state index contributed by atoms with van der Waals surface area (Å²) in [6.45, 7) is 6.65. The Balaban J connectivity index is 1.63. The number of nitrogens with zero attached hydrogens (tertiary/aromatic N) is 1. The van der Waals surface area contributed by atoms with Gasteiger partial charge in [0.15, 0.2) is 0 Å². The Morgan fingerprint density at radius 1 is 1.08 bits per heavy atom. The van der Waals surface area contributed by atoms with E-state index in [2.05, 4.69) is 11.0 Å². The van der Waals surface area contributed by atoms with Gasteiger partial charge in [0.2, 0.25) is 0 Å². The average molecular weight is 333 g/mol. The number of ether oxygens (including phenoxy) is 1. The van der Waals surface area contributed by atoms with E-state index in [0.717, 1.165) is 43.7 Å². The number of hydrogen-bond donors (Lipinski definition) is 1. The number of para-hydroxylation sites is 2. The lowest BCUT2D eigenvalue weighted by Gasteiger charge is -2.34. The zero-order valence-corrected chi connectivity index (χ0v) is 13.9. The van der Waals surface area contributed by atoms with Crippen molar-refractivity contribution in [3.63, 3.8) is 0 Å². The summed E-state index contributed by atoms with van der Waals surface area (Å²) in [5.74, 6) is 0.197. The first kappa shape index (κ1) is 16.7. The predicted molar refractivity (Wildman–Crippen MR) is 90.6 cm³/mol. The molecule has 5 heteroatoms. The fourth-order valence-electron chi connectivity index (χ4n) is 3.18. The molecule has 1 heterocycles. The highest BCUT2D eigenvalue weighted by Crippen LogP contribution is 2.27. The van der Waals surface area contributed by atoms with Gasteiger partial charge in [-0.1, -0.05) is 12.1 Å². The lowest BCUT2D eigenvalue weighted by atomic mass is 10.1. The molecule has 128 valence electrons. The van der Waals surface area contributed by atoms with Gasteiger partial charge in [0, 0.05) is 5.56 Å². The van der Waals surface area contributed by atoms with Gasteiger partial charge in [0.05, 0.1) is 38.5 Å². The van der Waals surface area contributed by atoms with Gasteiger partial charge in [0.1, 0.15) is 23.9 Å². The summed E-state index contributed by atoms with van der Waals surface area (Å²) in [7, 11) is 0. The van der Waals surface area contributed by atoms with Crippen molar-refractivity contribution in [2.75, 3.05) is 37.7 Å². The number of benzene rings is 2. The summed E-state index contributed by atoms with van der Waals surface area (Å²) < 4.78 is 32.8. The fraction of sp³-hybridized carbons (Fsp3) is 0.368. The molecule has 0 amide bonds. The largest absolute Gasteiger partial charge is 0.492 e. The van der Waals surface area contributed by atoms with E-state index in [1.54, 1.807) is 0 Å². The molecule has 0 atom stereocenters. The first-order valence-electron chi connectivity index (χ1n) is 8.41. The van der Waals surface area contributed by atoms with E-state index in [-0.39, 0.29) is 11.6 Å². The Morgan fingerprint density at radius 2 is 1.83 bits per heavy atom. The van der Waals surface area contributed by atoms with Gasteiger partial charge in [-0.15, -0.1) is 0 Å². The van der Waals surface area contributed by atoms with Crippen molar-refractivity contribution in [1.82, 2.24) is 0 Å². The predicted octanol–water partition coefficient (Wildman–Crippen LogP) is 2.27. The van der Waals surface area contributed by atoms with Crippen LogP contribution in [0.5, 0.6) is 5.75 Å². The van der Waals surface area contributed by atoms with Crippen molar-refractivity contribution in [1.29, 1.82) is 0 Å². The lowest BCUT2D eigenvalue weighted by Crippen LogP contribution is -3.13. The molecule has 1 fully saturated rings. The molecule has 1 aliphatic heterocycles. The number of hydrogen-bond acceptors (Lipinski definition) is 2. The Kier molecular flexibility index (Phi) is 5.30. The Bertz CT molecular complexity index is 685. The van der Waals surface area contributed by atoms with Gasteiger partial charge in [-0.2, -0.15) is 0 Å². The summed E-state index contributed by atoms with van der Waals surface area (Å²) in [5, 5.41) is 0. The van der Waals surface area contributed by atoms with Crippen LogP contribution in [-0.4, -0.2) is 32.8 Å². The molecule has 3 nitrogen and oxygen atoms in total. The van der Waals surface area contributed by atoms with Crippen LogP contribution in [0.25, 0.3) is 0 Å². The monoisotopic (exact) mass is 333 g/mol. The third-order valence-electron chi connectivity index (χ3n) is 4.42. The third kappa shape index (κ3) is 3.85. The van der Waals surface area contributed by atoms with Crippen molar-refractivity contribution < 1.29 is 18.4 Å². The molecule has 0 unspecified atom stereocenters. The van der Waals surface area contributed by atoms with E-state index < -0.39 is 0 Å². The Morgan fingerprint density at radius 3 is 2.58 bits per heavy atom. The molecule has 0 aliphatic carbocycles. The van der Waals surface area contributed by atoms with E-state index in [4.69, 9.17) is 4.74 Å². The molecule has 2 aromatic rings. The van der Waals surface area contributed by atoms with Crippen LogP contribution in [0.4, 0.5) is 14.5 Å². The number of rotatable bonds is 5. The maximum Gasteiger partial charge on any atom is 0.142 e. The molecule has 1 aliphatic rings. The van der Waals surface area contributed by atoms with E-state index in [0.29, 0.717) is 18.7 Å². The van der Waals surface area contributed by atoms with Crippen LogP contribution in [0, 0.1) is 11.6 Å². The van der Waals surface area contributed by atoms with Crippen molar-refractivity contribution in [2.24, 2.45) is 0 Å². The van der Waals surface area contributed by atoms with Gasteiger partial charge >= 0.3 is 0 Å². The Hall–Kier alpha value is -2.14. The maximum atomic E-state index is 13.8. The second-order valence-electron chi connectivity index (χ2n) is 6.05. The minimum atomic E-state index is -0.380. The smallest absolute Gasteiger partial charge is 0.142 e. The quantitative estimate of drug-likeness (QED) is 0.904. The van der Waals surface area contributed by atoms with Gasteiger partial charge in [0.25, 0.3) is 0 Å². The van der Waals surface area contributed by atoms with Crippen LogP contribution in [0.1, 0.15) is 12.5 Å². The summed E-state index contributed by atoms with van der Waals surface area (Å²) in [6, 6.07) is 11.7. The molecule has 0 aromatic heterocycles. The standard InChI is InChI=1S/C19H22F2N2O/c1-2-24-19-6-4-3-5-18(19)23-11-9-22(10-12-23)14-15-13-16(20)7-8-17(15)21/h3-8,13H,2,9-12,14H2,1H3/p+1. The summed E-state index contributed by atoms with van der Waals surface area (Å²) in [4.78, 5) is 3.57. The molecule has 1 saturated heterocycles. The van der Waals surface area contributed by atoms with Crippen molar-refractivity contribution in [2.45, 2.75) is 13.5 Å². The van der Waals surface area contributed by atoms with Crippen LogP contribution in [0.15, 0.2) is 42.5 Å². The van der Waals surface area contributed by atoms with E-state index in [1.165, 1.54) is 17.0 Å². The molecule has 0 spiro atoms. The second-order valence-corrected chi connectivity index (χ2v) is 6.05. The van der Waals surface area contributed by atoms with Crippen LogP contribution < -0.4 is 14.5 Å². The number of halogens is 2. The maximum absolute atomic E-state index is 13.8. The Labute approximate surface area is 141 Å². The van der Waals surface area contributed by atoms with Crippen molar-refractivity contribution in [3.05, 3.63) is 59.7 Å². The van der Waals surface area contributed by atoms with Crippen LogP contribution >= 0.6 is 0 Å². The number of nitrogens with one attached hydrogen (secondary N) is 1. The van der Waals surface area contributed by atoms with E-state index in [9.17, 15) is 8.78 Å². The first-order valence-corrected chi connectivity index (χ1v) is 8.41. The zero-order chi connectivity index (χ0) is 16.9. The van der Waals surface area contributed by atoms with Crippen molar-refractivity contribution >= 4 is 5.69 Å². The molecule has 2 aromatic carbocycles. The number of piperazine rings is 1. The SMILES string of the molecule is CCOc1ccccc1N1CC[NH+](Cc2cc(F)ccc2F)CC1. The fourth-order valence-corrected chi connectivity index (χ4v) is 3.18. The van der Waals surface area contributed by atoms with Crippen molar-refractivity contribution in [3.8, 4) is 5.75 Å². The van der Waals surface area contributed by atoms with Gasteiger partial charge in [-0.25, -0.2) is 8.78 Å². The highest BCUT2D eigenvalue weighted by atomic mass is 19.1. The van der Waals surface area contributed by atoms with Crippen LogP contribution in [-0.2, 0) is 6.54 Å². The third-order valence-corrected chi connectivity index (χ3v) is 4.42. The molecule has 1 N–H and O–H groups in total. The number of anilines is 1. The summed E-state index contributed by atoms with van der Waals surface area (Å²) in [6.07, 6.45) is 0. The van der Waals surface area contributed by atoms with E-state index in [1.807, 2.05) is 25.1 Å². The minimum absolute atomic E-state index is 0.326. The molecule has 0 bridgehead atoms. The summed E-state index contributed by atoms with van der Waals surface area (Å²) >= 11 is 0. The lowest BCUT2D eigenvalue weighted by molar-refractivity contribution is -0.914. The molecule has 0 saturated carbocycles. The second kappa shape index (κ2) is 7.62. The van der Waals surface area contributed by atoms with Gasteiger partial charge in [-0.3, -0.25) is 0 Å². The van der Waals surface area contributed by atoms with Gasteiger partial charge < -0.3 is 14.5 Å². The molecular formula is C19H23F2N2O+. The first-order chi connectivity index (χ1) is 11.7. The normalized spacial score (nSPS) is 15.5. The highest BCUT2D eigenvalue weighted by Gasteiger charge is 2.23. The van der Waals surface area contributed by atoms with Gasteiger partial charge in [-0.05, 0) is 37.3 Å². The molecule has 0 radical (unpaired) electrons. The zero-order valence-electron chi connectivity index (χ0n) is 13.9. The van der Waals surface area contributed by atoms with Crippen LogP contribution in [0.3, 0.4) is 0 Å². The molecule has 24 heavy (non-hydrogen) atoms. The highest BCUT2D eigenvalue weighted by molar-refractivity contribution is 5.58. The average Bonchev–Trinajstić information content (AvgIpc) is 2.60. The number of quaternary nitrogens is 1. The van der Waals surface area contributed by atoms with Crippen LogP contribution in [0.2, 0.25) is 0 Å². The topological polar surface area (TPSA) is 16.9 Å². The minimum Gasteiger partial charge on any atom is -0.492 e. The molecular weight excluding hydrogens is 310 g/mol. The molecule has 3 rings (SSSR count). The summed E-state index contributed by atoms with van der Waals surface area (Å²) in [5.41, 5.74) is 1.56.